The monoisotopic (exact) mass is 345 g/mol. The second-order valence-electron chi connectivity index (χ2n) is 5.97. The fourth-order valence-corrected chi connectivity index (χ4v) is 2.90. The van der Waals surface area contributed by atoms with E-state index in [4.69, 9.17) is 19.3 Å². The van der Waals surface area contributed by atoms with Crippen LogP contribution in [0.15, 0.2) is 42.5 Å². The van der Waals surface area contributed by atoms with Gasteiger partial charge in [-0.3, -0.25) is 4.79 Å². The lowest BCUT2D eigenvalue weighted by Crippen LogP contribution is -2.51. The average molecular weight is 345 g/mol. The summed E-state index contributed by atoms with van der Waals surface area (Å²) in [5.41, 5.74) is 0. The normalized spacial score (nSPS) is 20.4. The van der Waals surface area contributed by atoms with Crippen molar-refractivity contribution in [3.8, 4) is 5.75 Å². The number of nitrogens with one attached hydrogen (secondary N) is 1. The molecule has 1 aliphatic heterocycles. The Kier molecular flexibility index (Phi) is 6.22. The number of carbonyl (C=O) groups excluding carboxylic acids is 1. The number of carbonyl (C=O) groups is 1. The smallest absolute Gasteiger partial charge is 0.258 e. The molecule has 0 spiro atoms. The van der Waals surface area contributed by atoms with Gasteiger partial charge >= 0.3 is 0 Å². The summed E-state index contributed by atoms with van der Waals surface area (Å²) in [6.07, 6.45) is 0.433. The van der Waals surface area contributed by atoms with Crippen LogP contribution in [0.5, 0.6) is 5.75 Å². The highest BCUT2D eigenvalue weighted by Crippen LogP contribution is 2.20. The van der Waals surface area contributed by atoms with E-state index >= 15 is 0 Å². The Labute approximate surface area is 146 Å². The molecule has 2 aromatic carbocycles. The zero-order valence-corrected chi connectivity index (χ0v) is 14.0. The lowest BCUT2D eigenvalue weighted by atomic mass is 10.1. The van der Waals surface area contributed by atoms with Crippen LogP contribution in [-0.2, 0) is 14.3 Å². The number of benzene rings is 2. The molecule has 6 nitrogen and oxygen atoms in total. The Bertz CT molecular complexity index is 705. The lowest BCUT2D eigenvalue weighted by molar-refractivity contribution is -0.128. The van der Waals surface area contributed by atoms with Crippen molar-refractivity contribution >= 4 is 16.7 Å². The van der Waals surface area contributed by atoms with E-state index in [1.165, 1.54) is 0 Å². The largest absolute Gasteiger partial charge is 0.484 e. The van der Waals surface area contributed by atoms with Gasteiger partial charge in [0.25, 0.3) is 5.91 Å². The average Bonchev–Trinajstić information content (AvgIpc) is 2.65. The number of ether oxygens (including phenoxy) is 3. The Morgan fingerprint density at radius 3 is 2.92 bits per heavy atom. The number of fused-ring (bicyclic) bond motifs is 1. The van der Waals surface area contributed by atoms with Crippen LogP contribution in [0.4, 0.5) is 0 Å². The van der Waals surface area contributed by atoms with Crippen LogP contribution >= 0.6 is 0 Å². The summed E-state index contributed by atoms with van der Waals surface area (Å²) in [6.45, 7) is 1.12. The van der Waals surface area contributed by atoms with Gasteiger partial charge in [-0.15, -0.1) is 0 Å². The van der Waals surface area contributed by atoms with Gasteiger partial charge in [-0.2, -0.15) is 0 Å². The zero-order chi connectivity index (χ0) is 17.5. The van der Waals surface area contributed by atoms with Crippen LogP contribution in [0.25, 0.3) is 10.8 Å². The molecular weight excluding hydrogens is 322 g/mol. The molecule has 1 saturated heterocycles. The van der Waals surface area contributed by atoms with Gasteiger partial charge < -0.3 is 24.6 Å². The molecule has 0 aromatic heterocycles. The van der Waals surface area contributed by atoms with Crippen LogP contribution in [0.3, 0.4) is 0 Å². The Balaban J connectivity index is 1.52. The molecule has 0 radical (unpaired) electrons. The van der Waals surface area contributed by atoms with Gasteiger partial charge in [0.2, 0.25) is 0 Å². The van der Waals surface area contributed by atoms with Crippen molar-refractivity contribution in [2.75, 3.05) is 33.0 Å². The molecule has 1 fully saturated rings. The molecule has 25 heavy (non-hydrogen) atoms. The van der Waals surface area contributed by atoms with E-state index in [0.29, 0.717) is 25.4 Å². The second kappa shape index (κ2) is 8.80. The highest BCUT2D eigenvalue weighted by atomic mass is 16.5. The van der Waals surface area contributed by atoms with Gasteiger partial charge in [0.05, 0.1) is 25.9 Å². The molecule has 2 atom stereocenters. The van der Waals surface area contributed by atoms with Crippen molar-refractivity contribution in [3.05, 3.63) is 42.5 Å². The number of aliphatic hydroxyl groups is 1. The summed E-state index contributed by atoms with van der Waals surface area (Å²) in [7, 11) is 0. The molecule has 6 heteroatoms. The predicted molar refractivity (Wildman–Crippen MR) is 93.6 cm³/mol. The molecule has 134 valence electrons. The third-order valence-corrected chi connectivity index (χ3v) is 4.16. The molecule has 0 bridgehead atoms. The zero-order valence-electron chi connectivity index (χ0n) is 14.0. The maximum atomic E-state index is 12.2. The molecule has 0 unspecified atom stereocenters. The number of hydrogen-bond acceptors (Lipinski definition) is 5. The molecule has 0 aliphatic carbocycles. The third kappa shape index (κ3) is 4.92. The van der Waals surface area contributed by atoms with Gasteiger partial charge in [0.15, 0.2) is 6.61 Å². The second-order valence-corrected chi connectivity index (χ2v) is 5.97. The van der Waals surface area contributed by atoms with E-state index in [1.54, 1.807) is 0 Å². The Hall–Kier alpha value is -2.15. The van der Waals surface area contributed by atoms with E-state index in [0.717, 1.165) is 10.8 Å². The highest BCUT2D eigenvalue weighted by molar-refractivity contribution is 5.84. The predicted octanol–water partition coefficient (Wildman–Crippen LogP) is 1.50. The SMILES string of the molecule is O=C(COc1ccc2ccccc2c1)N[C@@H]1CCOC[C@H]1OCCO. The first-order chi connectivity index (χ1) is 12.3. The standard InChI is InChI=1S/C19H23NO5/c21-8-10-24-18-12-23-9-7-17(18)20-19(22)13-25-16-6-5-14-3-1-2-4-15(14)11-16/h1-6,11,17-18,21H,7-10,12-13H2,(H,20,22)/t17-,18-/m1/s1. The Morgan fingerprint density at radius 2 is 2.08 bits per heavy atom. The minimum absolute atomic E-state index is 0.0532. The minimum atomic E-state index is -0.245. The molecule has 2 aromatic rings. The fourth-order valence-electron chi connectivity index (χ4n) is 2.90. The number of amides is 1. The molecule has 2 N–H and O–H groups in total. The van der Waals surface area contributed by atoms with Crippen molar-refractivity contribution in [1.82, 2.24) is 5.32 Å². The van der Waals surface area contributed by atoms with Crippen LogP contribution in [0, 0.1) is 0 Å². The van der Waals surface area contributed by atoms with E-state index in [9.17, 15) is 4.79 Å². The Morgan fingerprint density at radius 1 is 1.24 bits per heavy atom. The summed E-state index contributed by atoms with van der Waals surface area (Å²) in [6, 6.07) is 13.6. The van der Waals surface area contributed by atoms with E-state index in [1.807, 2.05) is 42.5 Å². The van der Waals surface area contributed by atoms with E-state index in [-0.39, 0.29) is 37.9 Å². The van der Waals surface area contributed by atoms with Crippen LogP contribution < -0.4 is 10.1 Å². The van der Waals surface area contributed by atoms with Gasteiger partial charge in [-0.25, -0.2) is 0 Å². The maximum Gasteiger partial charge on any atom is 0.258 e. The molecule has 0 saturated carbocycles. The molecule has 1 aliphatic rings. The van der Waals surface area contributed by atoms with Crippen LogP contribution in [-0.4, -0.2) is 56.2 Å². The third-order valence-electron chi connectivity index (χ3n) is 4.16. The van der Waals surface area contributed by atoms with Gasteiger partial charge in [0.1, 0.15) is 11.9 Å². The van der Waals surface area contributed by atoms with Gasteiger partial charge in [-0.05, 0) is 29.3 Å². The molecular formula is C19H23NO5. The van der Waals surface area contributed by atoms with Gasteiger partial charge in [-0.1, -0.05) is 30.3 Å². The first-order valence-corrected chi connectivity index (χ1v) is 8.47. The van der Waals surface area contributed by atoms with E-state index in [2.05, 4.69) is 5.32 Å². The first kappa shape index (κ1) is 17.7. The number of rotatable bonds is 7. The highest BCUT2D eigenvalue weighted by Gasteiger charge is 2.27. The van der Waals surface area contributed by atoms with Crippen molar-refractivity contribution in [3.63, 3.8) is 0 Å². The number of hydrogen-bond donors (Lipinski definition) is 2. The summed E-state index contributed by atoms with van der Waals surface area (Å²) in [4.78, 5) is 12.2. The first-order valence-electron chi connectivity index (χ1n) is 8.47. The van der Waals surface area contributed by atoms with E-state index < -0.39 is 0 Å². The fraction of sp³-hybridized carbons (Fsp3) is 0.421. The summed E-state index contributed by atoms with van der Waals surface area (Å²) in [5, 5.41) is 14.0. The van der Waals surface area contributed by atoms with Gasteiger partial charge in [0, 0.05) is 6.61 Å². The molecule has 1 heterocycles. The quantitative estimate of drug-likeness (QED) is 0.795. The number of aliphatic hydroxyl groups excluding tert-OH is 1. The van der Waals surface area contributed by atoms with Crippen LogP contribution in [0.1, 0.15) is 6.42 Å². The molecule has 3 rings (SSSR count). The summed E-state index contributed by atoms with van der Waals surface area (Å²) >= 11 is 0. The van der Waals surface area contributed by atoms with Crippen LogP contribution in [0.2, 0.25) is 0 Å². The summed E-state index contributed by atoms with van der Waals surface area (Å²) in [5.74, 6) is 0.464. The van der Waals surface area contributed by atoms with Crippen molar-refractivity contribution in [1.29, 1.82) is 0 Å². The summed E-state index contributed by atoms with van der Waals surface area (Å²) < 4.78 is 16.5. The molecule has 1 amide bonds. The van der Waals surface area contributed by atoms with Crippen molar-refractivity contribution < 1.29 is 24.1 Å². The minimum Gasteiger partial charge on any atom is -0.484 e. The maximum absolute atomic E-state index is 12.2. The topological polar surface area (TPSA) is 77.0 Å². The van der Waals surface area contributed by atoms with Crippen molar-refractivity contribution in [2.45, 2.75) is 18.6 Å². The lowest BCUT2D eigenvalue weighted by Gasteiger charge is -2.31. The van der Waals surface area contributed by atoms with Crippen molar-refractivity contribution in [2.24, 2.45) is 0 Å².